The van der Waals surface area contributed by atoms with Crippen LogP contribution in [0.2, 0.25) is 0 Å². The Morgan fingerprint density at radius 3 is 2.32 bits per heavy atom. The van der Waals surface area contributed by atoms with Gasteiger partial charge in [0.25, 0.3) is 0 Å². The summed E-state index contributed by atoms with van der Waals surface area (Å²) in [6, 6.07) is 19.4. The van der Waals surface area contributed by atoms with Gasteiger partial charge in [0.1, 0.15) is 12.1 Å². The molecule has 0 spiro atoms. The average Bonchev–Trinajstić information content (AvgIpc) is 3.39. The third-order valence-electron chi connectivity index (χ3n) is 11.8. The summed E-state index contributed by atoms with van der Waals surface area (Å²) >= 11 is 0. The number of hydrogen-bond acceptors (Lipinski definition) is 6. The quantitative estimate of drug-likeness (QED) is 0.241. The molecule has 1 saturated heterocycles. The van der Waals surface area contributed by atoms with Crippen LogP contribution in [0.15, 0.2) is 66.7 Å². The Labute approximate surface area is 284 Å². The van der Waals surface area contributed by atoms with Crippen LogP contribution in [0.4, 0.5) is 0 Å². The summed E-state index contributed by atoms with van der Waals surface area (Å²) in [6.45, 7) is 20.8. The molecule has 7 nitrogen and oxygen atoms in total. The fraction of sp³-hybridized carbons (Fsp3) is 0.625. The van der Waals surface area contributed by atoms with E-state index in [4.69, 9.17) is 4.84 Å². The molecule has 3 aliphatic carbocycles. The molecule has 7 heteroatoms. The molecule has 8 atom stereocenters. The lowest BCUT2D eigenvalue weighted by Gasteiger charge is -2.62. The summed E-state index contributed by atoms with van der Waals surface area (Å²) in [4.78, 5) is 25.4. The minimum absolute atomic E-state index is 0.0152. The van der Waals surface area contributed by atoms with E-state index in [0.29, 0.717) is 41.7 Å². The molecule has 6 rings (SSSR count). The monoisotopic (exact) mass is 644 g/mol. The Hall–Kier alpha value is -2.55. The van der Waals surface area contributed by atoms with E-state index >= 15 is 0 Å². The summed E-state index contributed by atoms with van der Waals surface area (Å²) in [7, 11) is 4.30. The van der Waals surface area contributed by atoms with E-state index in [9.17, 15) is 9.90 Å². The smallest absolute Gasteiger partial charge is 0.240 e. The molecule has 1 aliphatic heterocycles. The van der Waals surface area contributed by atoms with Crippen molar-refractivity contribution in [2.24, 2.45) is 35.0 Å². The van der Waals surface area contributed by atoms with E-state index < -0.39 is 12.1 Å². The van der Waals surface area contributed by atoms with Crippen molar-refractivity contribution in [3.05, 3.63) is 83.4 Å². The Morgan fingerprint density at radius 2 is 1.72 bits per heavy atom. The van der Waals surface area contributed by atoms with Gasteiger partial charge in [0.2, 0.25) is 5.91 Å². The molecule has 2 aromatic rings. The Kier molecular flexibility index (Phi) is 11.3. The van der Waals surface area contributed by atoms with Crippen molar-refractivity contribution in [3.8, 4) is 0 Å². The lowest BCUT2D eigenvalue weighted by molar-refractivity contribution is -0.183. The normalized spacial score (nSPS) is 29.2. The molecular formula is C40H60N4O3. The second kappa shape index (κ2) is 14.9. The van der Waals surface area contributed by atoms with E-state index in [-0.39, 0.29) is 24.5 Å². The van der Waals surface area contributed by atoms with Gasteiger partial charge < -0.3 is 15.3 Å². The van der Waals surface area contributed by atoms with Gasteiger partial charge in [-0.2, -0.15) is 5.06 Å². The van der Waals surface area contributed by atoms with Gasteiger partial charge in [-0.15, -0.1) is 0 Å². The highest BCUT2D eigenvalue weighted by atomic mass is 16.7. The second-order valence-electron chi connectivity index (χ2n) is 16.1. The summed E-state index contributed by atoms with van der Waals surface area (Å²) in [6.07, 6.45) is 1.80. The largest absolute Gasteiger partial charge is 0.394 e. The van der Waals surface area contributed by atoms with Gasteiger partial charge in [-0.25, -0.2) is 0 Å². The van der Waals surface area contributed by atoms with Crippen molar-refractivity contribution >= 4 is 5.91 Å². The van der Waals surface area contributed by atoms with Crippen molar-refractivity contribution in [2.45, 2.75) is 98.2 Å². The molecule has 2 N–H and O–H groups in total. The first-order valence-electron chi connectivity index (χ1n) is 17.8. The van der Waals surface area contributed by atoms with Crippen LogP contribution in [0.3, 0.4) is 0 Å². The maximum absolute atomic E-state index is 14.2. The predicted octanol–water partition coefficient (Wildman–Crippen LogP) is 6.13. The third-order valence-corrected chi connectivity index (χ3v) is 11.8. The molecule has 4 aliphatic rings. The zero-order valence-electron chi connectivity index (χ0n) is 30.2. The number of hydrogen-bond donors (Lipinski definition) is 2. The number of likely N-dealkylation sites (N-methyl/N-ethyl adjacent to an activating group) is 1. The Bertz CT molecular complexity index is 1360. The van der Waals surface area contributed by atoms with Crippen molar-refractivity contribution in [3.63, 3.8) is 0 Å². The highest BCUT2D eigenvalue weighted by molar-refractivity contribution is 5.83. The fourth-order valence-corrected chi connectivity index (χ4v) is 8.93. The first kappa shape index (κ1) is 35.7. The average molecular weight is 645 g/mol. The van der Waals surface area contributed by atoms with Crippen LogP contribution in [-0.4, -0.2) is 77.4 Å². The van der Waals surface area contributed by atoms with E-state index in [1.165, 1.54) is 17.5 Å². The van der Waals surface area contributed by atoms with Gasteiger partial charge in [0.05, 0.1) is 13.2 Å². The number of rotatable bonds is 14. The minimum Gasteiger partial charge on any atom is -0.394 e. The number of amides is 1. The second-order valence-corrected chi connectivity index (χ2v) is 16.1. The van der Waals surface area contributed by atoms with Crippen molar-refractivity contribution in [1.82, 2.24) is 20.2 Å². The molecule has 1 amide bonds. The van der Waals surface area contributed by atoms with Gasteiger partial charge in [-0.3, -0.25) is 14.5 Å². The number of hydroxylamine groups is 2. The van der Waals surface area contributed by atoms with Crippen molar-refractivity contribution in [2.75, 3.05) is 27.2 Å². The van der Waals surface area contributed by atoms with Crippen molar-refractivity contribution in [1.29, 1.82) is 0 Å². The summed E-state index contributed by atoms with van der Waals surface area (Å²) < 4.78 is 0. The first-order chi connectivity index (χ1) is 22.3. The molecule has 2 bridgehead atoms. The third kappa shape index (κ3) is 7.86. The van der Waals surface area contributed by atoms with Crippen LogP contribution in [0.1, 0.15) is 71.1 Å². The van der Waals surface area contributed by atoms with E-state index in [2.05, 4.69) is 125 Å². The van der Waals surface area contributed by atoms with Crippen LogP contribution in [0, 0.1) is 35.0 Å². The molecule has 3 saturated carbocycles. The van der Waals surface area contributed by atoms with Gasteiger partial charge in [-0.1, -0.05) is 101 Å². The van der Waals surface area contributed by atoms with Gasteiger partial charge >= 0.3 is 0 Å². The fourth-order valence-electron chi connectivity index (χ4n) is 8.93. The number of aliphatic hydroxyl groups is 1. The van der Waals surface area contributed by atoms with Crippen LogP contribution < -0.4 is 5.32 Å². The molecule has 0 aromatic heterocycles. The molecule has 47 heavy (non-hydrogen) atoms. The topological polar surface area (TPSA) is 68.3 Å². The van der Waals surface area contributed by atoms with Gasteiger partial charge in [-0.05, 0) is 79.6 Å². The standard InChI is InChI=1S/C40H60N4O3/c1-26(2)35(24-42(8)9)43(21-29-14-11-10-12-15-29)22-30-16-13-17-31(18-30)23-44-38(37(27(3)4)36(25-45)47-44)39(46)41-34-20-32-19-33(28(34)5)40(32,6)7/h10-18,26,28,32-38,45H,3,19-25H2,1-2,4-9H3,(H,41,46)/t28-,32+,33?,34-,35+,36-,37+,38-/m0/s1. The zero-order valence-corrected chi connectivity index (χ0v) is 30.2. The Morgan fingerprint density at radius 1 is 1.06 bits per heavy atom. The molecule has 4 fully saturated rings. The minimum atomic E-state index is -0.549. The highest BCUT2D eigenvalue weighted by Crippen LogP contribution is 2.61. The summed E-state index contributed by atoms with van der Waals surface area (Å²) in [5, 5.41) is 15.6. The van der Waals surface area contributed by atoms with Crippen LogP contribution in [-0.2, 0) is 29.3 Å². The SMILES string of the molecule is C=C(C)[C@@H]1[C@H](CO)ON(Cc2cccc(CN(Cc3ccccc3)[C@H](CN(C)C)C(C)C)c2)[C@@H]1C(=O)N[C@H]1C[C@H]2CC([C@@H]1C)C2(C)C. The van der Waals surface area contributed by atoms with E-state index in [1.54, 1.807) is 0 Å². The van der Waals surface area contributed by atoms with E-state index in [0.717, 1.165) is 37.2 Å². The number of nitrogens with one attached hydrogen (secondary N) is 1. The van der Waals surface area contributed by atoms with Gasteiger partial charge in [0, 0.05) is 37.6 Å². The van der Waals surface area contributed by atoms with Gasteiger partial charge in [0.15, 0.2) is 0 Å². The number of carbonyl (C=O) groups is 1. The maximum Gasteiger partial charge on any atom is 0.240 e. The summed E-state index contributed by atoms with van der Waals surface area (Å²) in [5.74, 6) is 1.92. The van der Waals surface area contributed by atoms with Crippen LogP contribution in [0.5, 0.6) is 0 Å². The van der Waals surface area contributed by atoms with Crippen LogP contribution >= 0.6 is 0 Å². The highest BCUT2D eigenvalue weighted by Gasteiger charge is 2.57. The lowest BCUT2D eigenvalue weighted by atomic mass is 9.45. The zero-order chi connectivity index (χ0) is 34.0. The molecule has 258 valence electrons. The number of aliphatic hydroxyl groups excluding tert-OH is 1. The summed E-state index contributed by atoms with van der Waals surface area (Å²) in [5.41, 5.74) is 4.84. The first-order valence-corrected chi connectivity index (χ1v) is 17.8. The maximum atomic E-state index is 14.2. The predicted molar refractivity (Wildman–Crippen MR) is 190 cm³/mol. The van der Waals surface area contributed by atoms with Crippen molar-refractivity contribution < 1.29 is 14.7 Å². The lowest BCUT2D eigenvalue weighted by Crippen LogP contribution is -2.62. The number of carbonyl (C=O) groups excluding carboxylic acids is 1. The molecular weight excluding hydrogens is 584 g/mol. The molecule has 2 aromatic carbocycles. The number of fused-ring (bicyclic) bond motifs is 2. The number of nitrogens with zero attached hydrogens (tertiary/aromatic N) is 3. The molecule has 1 unspecified atom stereocenters. The van der Waals surface area contributed by atoms with Crippen LogP contribution in [0.25, 0.3) is 0 Å². The molecule has 0 radical (unpaired) electrons. The number of benzene rings is 2. The molecule has 1 heterocycles. The van der Waals surface area contributed by atoms with E-state index in [1.807, 2.05) is 12.0 Å². The Balaban J connectivity index is 1.35.